The molecular weight excluding hydrogens is 330 g/mol. The summed E-state index contributed by atoms with van der Waals surface area (Å²) in [7, 11) is 1.35. The first-order chi connectivity index (χ1) is 12.0. The Hall–Kier alpha value is -2.36. The average Bonchev–Trinajstić information content (AvgIpc) is 2.93. The summed E-state index contributed by atoms with van der Waals surface area (Å²) in [5, 5.41) is 19.5. The first kappa shape index (κ1) is 19.0. The largest absolute Gasteiger partial charge is 0.475 e. The number of amides is 2. The van der Waals surface area contributed by atoms with Gasteiger partial charge in [-0.15, -0.1) is 12.8 Å². The summed E-state index contributed by atoms with van der Waals surface area (Å²) >= 11 is 0. The number of ether oxygens (including phenoxy) is 3. The van der Waals surface area contributed by atoms with Crippen molar-refractivity contribution in [3.05, 3.63) is 11.8 Å². The molecule has 0 bridgehead atoms. The number of terminal acetylenes is 2. The lowest BCUT2D eigenvalue weighted by Crippen LogP contribution is -2.51. The van der Waals surface area contributed by atoms with E-state index < -0.39 is 48.8 Å². The van der Waals surface area contributed by atoms with Crippen molar-refractivity contribution in [1.82, 2.24) is 4.90 Å². The second-order valence-corrected chi connectivity index (χ2v) is 5.50. The zero-order valence-electron chi connectivity index (χ0n) is 13.6. The Kier molecular flexibility index (Phi) is 6.18. The fraction of sp³-hybridized carbons (Fsp3) is 0.529. The van der Waals surface area contributed by atoms with Gasteiger partial charge in [0.2, 0.25) is 5.91 Å². The fourth-order valence-electron chi connectivity index (χ4n) is 2.90. The molecule has 5 atom stereocenters. The molecule has 8 heteroatoms. The lowest BCUT2D eigenvalue weighted by atomic mass is 9.91. The highest BCUT2D eigenvalue weighted by Crippen LogP contribution is 2.33. The summed E-state index contributed by atoms with van der Waals surface area (Å²) in [6.07, 6.45) is 7.81. The van der Waals surface area contributed by atoms with E-state index in [-0.39, 0.29) is 18.9 Å². The van der Waals surface area contributed by atoms with Gasteiger partial charge in [-0.1, -0.05) is 11.8 Å². The first-order valence-corrected chi connectivity index (χ1v) is 7.54. The normalized spacial score (nSPS) is 32.1. The monoisotopic (exact) mass is 349 g/mol. The van der Waals surface area contributed by atoms with Crippen LogP contribution in [0.1, 0.15) is 0 Å². The minimum Gasteiger partial charge on any atom is -0.475 e. The molecule has 0 aliphatic carbocycles. The minimum atomic E-state index is -1.13. The fourth-order valence-corrected chi connectivity index (χ4v) is 2.90. The second-order valence-electron chi connectivity index (χ2n) is 5.50. The maximum atomic E-state index is 12.7. The lowest BCUT2D eigenvalue weighted by molar-refractivity contribution is -0.152. The van der Waals surface area contributed by atoms with E-state index in [9.17, 15) is 19.8 Å². The maximum Gasteiger partial charge on any atom is 0.296 e. The van der Waals surface area contributed by atoms with E-state index in [0.717, 1.165) is 4.90 Å². The highest BCUT2D eigenvalue weighted by molar-refractivity contribution is 6.07. The molecule has 4 unspecified atom stereocenters. The summed E-state index contributed by atoms with van der Waals surface area (Å²) < 4.78 is 16.0. The van der Waals surface area contributed by atoms with Crippen LogP contribution in [0.5, 0.6) is 0 Å². The highest BCUT2D eigenvalue weighted by Gasteiger charge is 2.51. The third-order valence-corrected chi connectivity index (χ3v) is 4.08. The quantitative estimate of drug-likeness (QED) is 0.434. The van der Waals surface area contributed by atoms with Crippen LogP contribution in [0.2, 0.25) is 0 Å². The van der Waals surface area contributed by atoms with Crippen LogP contribution in [0.4, 0.5) is 0 Å². The molecule has 134 valence electrons. The third kappa shape index (κ3) is 3.53. The van der Waals surface area contributed by atoms with Gasteiger partial charge in [0.05, 0.1) is 19.1 Å². The molecule has 2 heterocycles. The smallest absolute Gasteiger partial charge is 0.296 e. The lowest BCUT2D eigenvalue weighted by Gasteiger charge is -2.32. The molecule has 0 radical (unpaired) electrons. The number of imide groups is 1. The molecular formula is C17H19NO7. The molecule has 8 nitrogen and oxygen atoms in total. The Bertz CT molecular complexity index is 644. The van der Waals surface area contributed by atoms with Gasteiger partial charge in [-0.25, -0.2) is 0 Å². The molecule has 0 saturated carbocycles. The van der Waals surface area contributed by atoms with Gasteiger partial charge in [-0.05, 0) is 6.08 Å². The van der Waals surface area contributed by atoms with Gasteiger partial charge in [-0.3, -0.25) is 14.5 Å². The molecule has 0 aromatic rings. The average molecular weight is 349 g/mol. The molecule has 2 amide bonds. The Morgan fingerprint density at radius 1 is 1.36 bits per heavy atom. The number of carbonyl (C=O) groups excluding carboxylic acids is 2. The van der Waals surface area contributed by atoms with Crippen LogP contribution in [0, 0.1) is 30.6 Å². The summed E-state index contributed by atoms with van der Waals surface area (Å²) in [5.41, 5.74) is 0. The Balaban J connectivity index is 2.38. The van der Waals surface area contributed by atoms with Crippen LogP contribution >= 0.6 is 0 Å². The van der Waals surface area contributed by atoms with Crippen molar-refractivity contribution in [2.45, 2.75) is 24.4 Å². The topological polar surface area (TPSA) is 106 Å². The summed E-state index contributed by atoms with van der Waals surface area (Å²) in [6.45, 7) is -0.861. The van der Waals surface area contributed by atoms with E-state index in [2.05, 4.69) is 11.8 Å². The predicted octanol–water partition coefficient (Wildman–Crippen LogP) is -1.73. The number of nitrogens with zero attached hydrogens (tertiary/aromatic N) is 1. The SMILES string of the molecule is C#CCOC1=CC(C2OC(CO)C(O)[C@H]2OC)C(=O)N(CC#C)C1=O. The van der Waals surface area contributed by atoms with Gasteiger partial charge in [0.15, 0.2) is 5.76 Å². The van der Waals surface area contributed by atoms with Gasteiger partial charge in [0.25, 0.3) is 5.91 Å². The first-order valence-electron chi connectivity index (χ1n) is 7.54. The Morgan fingerprint density at radius 2 is 2.08 bits per heavy atom. The van der Waals surface area contributed by atoms with E-state index in [0.29, 0.717) is 0 Å². The molecule has 2 aliphatic heterocycles. The zero-order valence-corrected chi connectivity index (χ0v) is 13.6. The molecule has 0 aromatic carbocycles. The van der Waals surface area contributed by atoms with Crippen LogP contribution in [0.15, 0.2) is 11.8 Å². The van der Waals surface area contributed by atoms with Crippen molar-refractivity contribution in [1.29, 1.82) is 0 Å². The van der Waals surface area contributed by atoms with Crippen molar-refractivity contribution in [2.24, 2.45) is 5.92 Å². The van der Waals surface area contributed by atoms with Gasteiger partial charge in [-0.2, -0.15) is 0 Å². The van der Waals surface area contributed by atoms with E-state index in [1.807, 2.05) is 0 Å². The van der Waals surface area contributed by atoms with Crippen LogP contribution in [0.25, 0.3) is 0 Å². The third-order valence-electron chi connectivity index (χ3n) is 4.08. The summed E-state index contributed by atoms with van der Waals surface area (Å²) in [6, 6.07) is 0. The molecule has 1 fully saturated rings. The number of rotatable bonds is 6. The van der Waals surface area contributed by atoms with Gasteiger partial charge < -0.3 is 24.4 Å². The number of aliphatic hydroxyl groups is 2. The molecule has 1 saturated heterocycles. The van der Waals surface area contributed by atoms with Crippen LogP contribution in [0.3, 0.4) is 0 Å². The summed E-state index contributed by atoms with van der Waals surface area (Å²) in [5.74, 6) is 2.06. The molecule has 0 spiro atoms. The van der Waals surface area contributed by atoms with E-state index in [1.165, 1.54) is 13.2 Å². The molecule has 25 heavy (non-hydrogen) atoms. The van der Waals surface area contributed by atoms with E-state index in [4.69, 9.17) is 27.1 Å². The number of carbonyl (C=O) groups is 2. The molecule has 2 aliphatic rings. The number of aliphatic hydroxyl groups excluding tert-OH is 2. The molecule has 0 aromatic heterocycles. The molecule has 2 rings (SSSR count). The predicted molar refractivity (Wildman–Crippen MR) is 84.5 cm³/mol. The van der Waals surface area contributed by atoms with Crippen molar-refractivity contribution in [3.63, 3.8) is 0 Å². The maximum absolute atomic E-state index is 12.7. The van der Waals surface area contributed by atoms with Crippen LogP contribution in [-0.2, 0) is 23.8 Å². The minimum absolute atomic E-state index is 0.127. The number of methoxy groups -OCH3 is 1. The van der Waals surface area contributed by atoms with Crippen molar-refractivity contribution in [3.8, 4) is 24.7 Å². The van der Waals surface area contributed by atoms with E-state index in [1.54, 1.807) is 0 Å². The zero-order chi connectivity index (χ0) is 18.6. The van der Waals surface area contributed by atoms with Gasteiger partial charge >= 0.3 is 0 Å². The van der Waals surface area contributed by atoms with Crippen LogP contribution < -0.4 is 0 Å². The van der Waals surface area contributed by atoms with Crippen molar-refractivity contribution >= 4 is 11.8 Å². The Morgan fingerprint density at radius 3 is 2.64 bits per heavy atom. The number of hydrogen-bond acceptors (Lipinski definition) is 7. The summed E-state index contributed by atoms with van der Waals surface area (Å²) in [4.78, 5) is 25.9. The van der Waals surface area contributed by atoms with Gasteiger partial charge in [0.1, 0.15) is 31.0 Å². The van der Waals surface area contributed by atoms with Crippen molar-refractivity contribution < 1.29 is 34.0 Å². The second kappa shape index (κ2) is 8.15. The Labute approximate surface area is 145 Å². The van der Waals surface area contributed by atoms with Gasteiger partial charge in [0, 0.05) is 7.11 Å². The highest BCUT2D eigenvalue weighted by atomic mass is 16.6. The molecule has 2 N–H and O–H groups in total. The number of hydrogen-bond donors (Lipinski definition) is 2. The van der Waals surface area contributed by atoms with E-state index >= 15 is 0 Å². The van der Waals surface area contributed by atoms with Crippen molar-refractivity contribution in [2.75, 3.05) is 26.9 Å². The standard InChI is InChI=1S/C17H19NO7/c1-4-6-18-16(21)10(8-11(17(18)22)24-7-5-2)14-15(23-3)13(20)12(9-19)25-14/h1-2,8,10,12-15,19-20H,6-7,9H2,3H3/t10?,12?,13?,14?,15-/m1/s1. The van der Waals surface area contributed by atoms with Crippen LogP contribution in [-0.4, -0.2) is 78.2 Å².